The average Bonchev–Trinajstić information content (AvgIpc) is 2.55. The largest absolute Gasteiger partial charge is 0.501 e. The number of amides is 1. The summed E-state index contributed by atoms with van der Waals surface area (Å²) in [5, 5.41) is 3.00. The normalized spacial score (nSPS) is 12.7. The summed E-state index contributed by atoms with van der Waals surface area (Å²) in [6.45, 7) is 14.2. The van der Waals surface area contributed by atoms with E-state index in [9.17, 15) is 4.79 Å². The molecule has 0 aliphatic rings. The molecule has 0 bridgehead atoms. The van der Waals surface area contributed by atoms with Gasteiger partial charge >= 0.3 is 0 Å². The van der Waals surface area contributed by atoms with Crippen molar-refractivity contribution >= 4 is 11.6 Å². The number of hydrogen-bond acceptors (Lipinski definition) is 2. The Balaban J connectivity index is 0.00000232. The van der Waals surface area contributed by atoms with Crippen molar-refractivity contribution in [3.63, 3.8) is 0 Å². The molecule has 1 amide bonds. The Morgan fingerprint density at radius 2 is 1.70 bits per heavy atom. The van der Waals surface area contributed by atoms with Gasteiger partial charge in [0.2, 0.25) is 0 Å². The van der Waals surface area contributed by atoms with E-state index in [1.165, 1.54) is 5.56 Å². The summed E-state index contributed by atoms with van der Waals surface area (Å²) in [6.07, 6.45) is 1.10. The standard InChI is InChI=1S/C18H27NO2.C2H6/c1-12(2)11-13(3)16-9-7-8-10-17(16)19-18(20)14(4)15(5)21-6;1-2/h7-10,12-13H,11H2,1-6H3,(H,19,20);1-2H3/b15-14+;. The van der Waals surface area contributed by atoms with Gasteiger partial charge < -0.3 is 10.1 Å². The van der Waals surface area contributed by atoms with E-state index in [0.717, 1.165) is 12.1 Å². The summed E-state index contributed by atoms with van der Waals surface area (Å²) in [6, 6.07) is 8.01. The Labute approximate surface area is 142 Å². The van der Waals surface area contributed by atoms with Crippen molar-refractivity contribution in [1.82, 2.24) is 0 Å². The molecule has 3 heteroatoms. The summed E-state index contributed by atoms with van der Waals surface area (Å²) in [5.74, 6) is 1.56. The second-order valence-electron chi connectivity index (χ2n) is 5.96. The highest BCUT2D eigenvalue weighted by Gasteiger charge is 2.15. The van der Waals surface area contributed by atoms with Gasteiger partial charge in [-0.3, -0.25) is 4.79 Å². The van der Waals surface area contributed by atoms with E-state index in [1.807, 2.05) is 32.0 Å². The summed E-state index contributed by atoms with van der Waals surface area (Å²) in [4.78, 5) is 12.3. The first-order chi connectivity index (χ1) is 10.9. The number of methoxy groups -OCH3 is 1. The molecule has 0 aromatic heterocycles. The summed E-state index contributed by atoms with van der Waals surface area (Å²) < 4.78 is 5.12. The number of nitrogens with one attached hydrogen (secondary N) is 1. The highest BCUT2D eigenvalue weighted by atomic mass is 16.5. The lowest BCUT2D eigenvalue weighted by Gasteiger charge is -2.19. The third kappa shape index (κ3) is 6.89. The van der Waals surface area contributed by atoms with Crippen LogP contribution in [0, 0.1) is 5.92 Å². The first-order valence-corrected chi connectivity index (χ1v) is 8.48. The Hall–Kier alpha value is -1.77. The van der Waals surface area contributed by atoms with Crippen LogP contribution in [0.4, 0.5) is 5.69 Å². The van der Waals surface area contributed by atoms with Crippen molar-refractivity contribution in [2.75, 3.05) is 12.4 Å². The van der Waals surface area contributed by atoms with Gasteiger partial charge in [-0.1, -0.05) is 52.8 Å². The molecule has 1 aromatic rings. The quantitative estimate of drug-likeness (QED) is 0.536. The van der Waals surface area contributed by atoms with Gasteiger partial charge in [0.1, 0.15) is 5.76 Å². The zero-order chi connectivity index (χ0) is 18.0. The molecule has 1 N–H and O–H groups in total. The zero-order valence-corrected chi connectivity index (χ0v) is 16.0. The molecule has 0 saturated heterocycles. The van der Waals surface area contributed by atoms with Crippen molar-refractivity contribution in [2.24, 2.45) is 5.92 Å². The Morgan fingerprint density at radius 3 is 2.22 bits per heavy atom. The maximum atomic E-state index is 12.3. The van der Waals surface area contributed by atoms with E-state index < -0.39 is 0 Å². The summed E-state index contributed by atoms with van der Waals surface area (Å²) in [7, 11) is 1.57. The number of hydrogen-bond donors (Lipinski definition) is 1. The molecule has 1 aromatic carbocycles. The predicted molar refractivity (Wildman–Crippen MR) is 99.7 cm³/mol. The van der Waals surface area contributed by atoms with Gasteiger partial charge in [-0.2, -0.15) is 0 Å². The van der Waals surface area contributed by atoms with Crippen molar-refractivity contribution in [3.8, 4) is 0 Å². The zero-order valence-electron chi connectivity index (χ0n) is 16.0. The average molecular weight is 319 g/mol. The van der Waals surface area contributed by atoms with Crippen LogP contribution in [0.2, 0.25) is 0 Å². The molecule has 3 nitrogen and oxygen atoms in total. The lowest BCUT2D eigenvalue weighted by molar-refractivity contribution is -0.113. The van der Waals surface area contributed by atoms with E-state index >= 15 is 0 Å². The van der Waals surface area contributed by atoms with E-state index in [-0.39, 0.29) is 5.91 Å². The molecule has 0 heterocycles. The van der Waals surface area contributed by atoms with E-state index in [0.29, 0.717) is 23.2 Å². The van der Waals surface area contributed by atoms with Crippen LogP contribution in [-0.2, 0) is 9.53 Å². The predicted octanol–water partition coefficient (Wildman–Crippen LogP) is 5.74. The second kappa shape index (κ2) is 10.9. The fourth-order valence-electron chi connectivity index (χ4n) is 2.40. The van der Waals surface area contributed by atoms with Crippen LogP contribution in [0.1, 0.15) is 66.4 Å². The van der Waals surface area contributed by atoms with Crippen molar-refractivity contribution in [2.45, 2.75) is 60.8 Å². The van der Waals surface area contributed by atoms with Gasteiger partial charge in [-0.05, 0) is 43.7 Å². The Kier molecular flexibility index (Phi) is 10.0. The maximum absolute atomic E-state index is 12.3. The monoisotopic (exact) mass is 319 g/mol. The van der Waals surface area contributed by atoms with Crippen LogP contribution >= 0.6 is 0 Å². The highest BCUT2D eigenvalue weighted by molar-refractivity contribution is 6.04. The molecule has 0 saturated carbocycles. The number of allylic oxidation sites excluding steroid dienone is 1. The lowest BCUT2D eigenvalue weighted by Crippen LogP contribution is -2.16. The molecule has 130 valence electrons. The highest BCUT2D eigenvalue weighted by Crippen LogP contribution is 2.29. The molecular weight excluding hydrogens is 286 g/mol. The molecule has 1 rings (SSSR count). The lowest BCUT2D eigenvalue weighted by atomic mass is 9.91. The molecule has 1 atom stereocenters. The molecule has 0 aliphatic heterocycles. The topological polar surface area (TPSA) is 38.3 Å². The fraction of sp³-hybridized carbons (Fsp3) is 0.550. The number of carbonyl (C=O) groups excluding carboxylic acids is 1. The Bertz CT molecular complexity index is 518. The molecule has 23 heavy (non-hydrogen) atoms. The minimum atomic E-state index is -0.112. The number of carbonyl (C=O) groups is 1. The number of para-hydroxylation sites is 1. The third-order valence-electron chi connectivity index (χ3n) is 3.74. The van der Waals surface area contributed by atoms with Crippen LogP contribution in [-0.4, -0.2) is 13.0 Å². The van der Waals surface area contributed by atoms with Crippen LogP contribution in [0.25, 0.3) is 0 Å². The van der Waals surface area contributed by atoms with E-state index in [4.69, 9.17) is 4.74 Å². The van der Waals surface area contributed by atoms with Gasteiger partial charge in [0, 0.05) is 5.69 Å². The Morgan fingerprint density at radius 1 is 1.13 bits per heavy atom. The number of ether oxygens (including phenoxy) is 1. The van der Waals surface area contributed by atoms with Crippen LogP contribution in [0.15, 0.2) is 35.6 Å². The minimum absolute atomic E-state index is 0.112. The second-order valence-corrected chi connectivity index (χ2v) is 5.96. The third-order valence-corrected chi connectivity index (χ3v) is 3.74. The van der Waals surface area contributed by atoms with Gasteiger partial charge in [0.25, 0.3) is 5.91 Å². The van der Waals surface area contributed by atoms with Gasteiger partial charge in [-0.15, -0.1) is 0 Å². The molecule has 0 radical (unpaired) electrons. The van der Waals surface area contributed by atoms with Crippen LogP contribution < -0.4 is 5.32 Å². The fourth-order valence-corrected chi connectivity index (χ4v) is 2.40. The first-order valence-electron chi connectivity index (χ1n) is 8.48. The van der Waals surface area contributed by atoms with Crippen molar-refractivity contribution in [1.29, 1.82) is 0 Å². The number of rotatable bonds is 6. The molecule has 1 unspecified atom stereocenters. The molecular formula is C20H33NO2. The molecule has 0 spiro atoms. The molecule has 0 aliphatic carbocycles. The molecule has 0 fully saturated rings. The number of anilines is 1. The first kappa shape index (κ1) is 21.2. The van der Waals surface area contributed by atoms with Crippen molar-refractivity contribution in [3.05, 3.63) is 41.2 Å². The van der Waals surface area contributed by atoms with Crippen molar-refractivity contribution < 1.29 is 9.53 Å². The van der Waals surface area contributed by atoms with Gasteiger partial charge in [-0.25, -0.2) is 0 Å². The maximum Gasteiger partial charge on any atom is 0.254 e. The van der Waals surface area contributed by atoms with E-state index in [1.54, 1.807) is 21.0 Å². The van der Waals surface area contributed by atoms with E-state index in [2.05, 4.69) is 32.2 Å². The minimum Gasteiger partial charge on any atom is -0.501 e. The van der Waals surface area contributed by atoms with Crippen LogP contribution in [0.3, 0.4) is 0 Å². The van der Waals surface area contributed by atoms with Crippen LogP contribution in [0.5, 0.6) is 0 Å². The van der Waals surface area contributed by atoms with Gasteiger partial charge in [0.05, 0.1) is 12.7 Å². The van der Waals surface area contributed by atoms with Gasteiger partial charge in [0.15, 0.2) is 0 Å². The smallest absolute Gasteiger partial charge is 0.254 e. The summed E-state index contributed by atoms with van der Waals surface area (Å²) >= 11 is 0. The summed E-state index contributed by atoms with van der Waals surface area (Å²) in [5.41, 5.74) is 2.67. The SMILES string of the molecule is CC.CO/C(C)=C(\C)C(=O)Nc1ccccc1C(C)CC(C)C. The number of benzene rings is 1.